The van der Waals surface area contributed by atoms with Crippen LogP contribution in [0.25, 0.3) is 10.2 Å². The Hall–Kier alpha value is -2.60. The highest BCUT2D eigenvalue weighted by Crippen LogP contribution is 2.22. The van der Waals surface area contributed by atoms with E-state index >= 15 is 0 Å². The lowest BCUT2D eigenvalue weighted by atomic mass is 10.2. The zero-order chi connectivity index (χ0) is 18.4. The SMILES string of the molecule is Cc1ccccc1OCCCNC(=O)N(C)Cc1nc2ccccc2s1. The van der Waals surface area contributed by atoms with Crippen molar-refractivity contribution in [3.05, 3.63) is 59.1 Å². The summed E-state index contributed by atoms with van der Waals surface area (Å²) >= 11 is 1.62. The van der Waals surface area contributed by atoms with Crippen LogP contribution >= 0.6 is 11.3 Å². The summed E-state index contributed by atoms with van der Waals surface area (Å²) in [6.45, 7) is 3.68. The summed E-state index contributed by atoms with van der Waals surface area (Å²) in [5.41, 5.74) is 2.10. The van der Waals surface area contributed by atoms with Crippen molar-refractivity contribution >= 4 is 27.6 Å². The number of thiazole rings is 1. The molecule has 0 saturated heterocycles. The second-order valence-electron chi connectivity index (χ2n) is 6.13. The Morgan fingerprint density at radius 3 is 2.77 bits per heavy atom. The predicted octanol–water partition coefficient (Wildman–Crippen LogP) is 4.22. The monoisotopic (exact) mass is 369 g/mol. The molecule has 0 saturated carbocycles. The van der Waals surface area contributed by atoms with Gasteiger partial charge in [0, 0.05) is 13.6 Å². The minimum atomic E-state index is -0.0971. The van der Waals surface area contributed by atoms with Gasteiger partial charge in [-0.05, 0) is 37.1 Å². The van der Waals surface area contributed by atoms with Crippen LogP contribution in [0.5, 0.6) is 5.75 Å². The Morgan fingerprint density at radius 1 is 1.19 bits per heavy atom. The summed E-state index contributed by atoms with van der Waals surface area (Å²) in [5, 5.41) is 3.86. The number of nitrogens with zero attached hydrogens (tertiary/aromatic N) is 2. The van der Waals surface area contributed by atoms with Gasteiger partial charge < -0.3 is 15.0 Å². The molecule has 5 nitrogen and oxygen atoms in total. The molecule has 0 spiro atoms. The number of fused-ring (bicyclic) bond motifs is 1. The highest BCUT2D eigenvalue weighted by atomic mass is 32.1. The van der Waals surface area contributed by atoms with E-state index in [4.69, 9.17) is 4.74 Å². The van der Waals surface area contributed by atoms with Crippen molar-refractivity contribution in [3.63, 3.8) is 0 Å². The van der Waals surface area contributed by atoms with Crippen molar-refractivity contribution in [2.24, 2.45) is 0 Å². The molecule has 1 N–H and O–H groups in total. The molecule has 3 rings (SSSR count). The number of benzene rings is 2. The summed E-state index contributed by atoms with van der Waals surface area (Å²) in [6, 6.07) is 15.8. The molecule has 3 aromatic rings. The topological polar surface area (TPSA) is 54.5 Å². The Labute approximate surface area is 157 Å². The first-order chi connectivity index (χ1) is 12.6. The van der Waals surface area contributed by atoms with E-state index in [9.17, 15) is 4.79 Å². The van der Waals surface area contributed by atoms with Gasteiger partial charge in [-0.25, -0.2) is 9.78 Å². The van der Waals surface area contributed by atoms with Crippen molar-refractivity contribution in [3.8, 4) is 5.75 Å². The number of rotatable bonds is 7. The molecular weight excluding hydrogens is 346 g/mol. The minimum absolute atomic E-state index is 0.0971. The third kappa shape index (κ3) is 4.73. The second kappa shape index (κ2) is 8.67. The number of carbonyl (C=O) groups is 1. The van der Waals surface area contributed by atoms with Crippen molar-refractivity contribution in [2.75, 3.05) is 20.2 Å². The number of urea groups is 1. The maximum Gasteiger partial charge on any atom is 0.317 e. The summed E-state index contributed by atoms with van der Waals surface area (Å²) < 4.78 is 6.88. The fourth-order valence-electron chi connectivity index (χ4n) is 2.57. The third-order valence-corrected chi connectivity index (χ3v) is 5.03. The van der Waals surface area contributed by atoms with Crippen LogP contribution in [0.4, 0.5) is 4.79 Å². The lowest BCUT2D eigenvalue weighted by Gasteiger charge is -2.16. The molecular formula is C20H23N3O2S. The van der Waals surface area contributed by atoms with Gasteiger partial charge in [-0.2, -0.15) is 0 Å². The quantitative estimate of drug-likeness (QED) is 0.635. The van der Waals surface area contributed by atoms with Gasteiger partial charge in [0.2, 0.25) is 0 Å². The number of aromatic nitrogens is 1. The maximum atomic E-state index is 12.2. The first-order valence-electron chi connectivity index (χ1n) is 8.65. The van der Waals surface area contributed by atoms with Gasteiger partial charge in [0.15, 0.2) is 0 Å². The van der Waals surface area contributed by atoms with Gasteiger partial charge in [0.1, 0.15) is 10.8 Å². The first kappa shape index (κ1) is 18.2. The van der Waals surface area contributed by atoms with E-state index in [2.05, 4.69) is 10.3 Å². The van der Waals surface area contributed by atoms with Crippen molar-refractivity contribution in [2.45, 2.75) is 19.9 Å². The molecule has 0 fully saturated rings. The van der Waals surface area contributed by atoms with Gasteiger partial charge in [-0.3, -0.25) is 0 Å². The van der Waals surface area contributed by atoms with E-state index in [-0.39, 0.29) is 6.03 Å². The second-order valence-corrected chi connectivity index (χ2v) is 7.25. The Balaban J connectivity index is 1.39. The van der Waals surface area contributed by atoms with Crippen molar-refractivity contribution in [1.82, 2.24) is 15.2 Å². The number of amides is 2. The lowest BCUT2D eigenvalue weighted by Crippen LogP contribution is -2.37. The Morgan fingerprint density at radius 2 is 1.96 bits per heavy atom. The van der Waals surface area contributed by atoms with E-state index < -0.39 is 0 Å². The molecule has 0 atom stereocenters. The molecule has 6 heteroatoms. The summed E-state index contributed by atoms with van der Waals surface area (Å²) in [7, 11) is 1.78. The number of nitrogens with one attached hydrogen (secondary N) is 1. The fourth-order valence-corrected chi connectivity index (χ4v) is 3.59. The molecule has 2 amide bonds. The highest BCUT2D eigenvalue weighted by molar-refractivity contribution is 7.18. The molecule has 0 aliphatic heterocycles. The Bertz CT molecular complexity index is 845. The molecule has 1 heterocycles. The number of aryl methyl sites for hydroxylation is 1. The van der Waals surface area contributed by atoms with Crippen LogP contribution in [0, 0.1) is 6.92 Å². The molecule has 0 unspecified atom stereocenters. The van der Waals surface area contributed by atoms with Crippen LogP contribution in [0.15, 0.2) is 48.5 Å². The summed E-state index contributed by atoms with van der Waals surface area (Å²) in [4.78, 5) is 18.4. The predicted molar refractivity (Wildman–Crippen MR) is 106 cm³/mol. The smallest absolute Gasteiger partial charge is 0.317 e. The maximum absolute atomic E-state index is 12.2. The number of ether oxygens (including phenoxy) is 1. The molecule has 26 heavy (non-hydrogen) atoms. The zero-order valence-corrected chi connectivity index (χ0v) is 15.9. The number of para-hydroxylation sites is 2. The van der Waals surface area contributed by atoms with Crippen molar-refractivity contribution in [1.29, 1.82) is 0 Å². The molecule has 1 aromatic heterocycles. The first-order valence-corrected chi connectivity index (χ1v) is 9.47. The van der Waals surface area contributed by atoms with Gasteiger partial charge in [0.05, 0.1) is 23.4 Å². The summed E-state index contributed by atoms with van der Waals surface area (Å²) in [5.74, 6) is 0.895. The standard InChI is InChI=1S/C20H23N3O2S/c1-15-8-3-5-10-17(15)25-13-7-12-21-20(24)23(2)14-19-22-16-9-4-6-11-18(16)26-19/h3-6,8-11H,7,12-14H2,1-2H3,(H,21,24). The van der Waals surface area contributed by atoms with Crippen LogP contribution in [0.2, 0.25) is 0 Å². The van der Waals surface area contributed by atoms with Crippen molar-refractivity contribution < 1.29 is 9.53 Å². The third-order valence-electron chi connectivity index (χ3n) is 4.01. The molecule has 0 bridgehead atoms. The fraction of sp³-hybridized carbons (Fsp3) is 0.300. The van der Waals surface area contributed by atoms with Gasteiger partial charge >= 0.3 is 6.03 Å². The normalized spacial score (nSPS) is 10.7. The number of carbonyl (C=O) groups excluding carboxylic acids is 1. The van der Waals surface area contributed by atoms with Crippen LogP contribution < -0.4 is 10.1 Å². The molecule has 2 aromatic carbocycles. The molecule has 0 aliphatic carbocycles. The largest absolute Gasteiger partial charge is 0.493 e. The lowest BCUT2D eigenvalue weighted by molar-refractivity contribution is 0.205. The summed E-state index contributed by atoms with van der Waals surface area (Å²) in [6.07, 6.45) is 0.759. The van der Waals surface area contributed by atoms with E-state index in [1.165, 1.54) is 0 Å². The number of hydrogen-bond acceptors (Lipinski definition) is 4. The zero-order valence-electron chi connectivity index (χ0n) is 15.1. The highest BCUT2D eigenvalue weighted by Gasteiger charge is 2.11. The van der Waals surface area contributed by atoms with E-state index in [1.807, 2.05) is 55.5 Å². The average Bonchev–Trinajstić information content (AvgIpc) is 3.05. The van der Waals surface area contributed by atoms with Gasteiger partial charge in [0.25, 0.3) is 0 Å². The number of hydrogen-bond donors (Lipinski definition) is 1. The van der Waals surface area contributed by atoms with Crippen LogP contribution in [-0.4, -0.2) is 36.1 Å². The van der Waals surface area contributed by atoms with E-state index in [0.29, 0.717) is 19.7 Å². The van der Waals surface area contributed by atoms with Gasteiger partial charge in [-0.15, -0.1) is 11.3 Å². The molecule has 136 valence electrons. The Kier molecular flexibility index (Phi) is 6.07. The van der Waals surface area contributed by atoms with Gasteiger partial charge in [-0.1, -0.05) is 30.3 Å². The average molecular weight is 369 g/mol. The van der Waals surface area contributed by atoms with E-state index in [1.54, 1.807) is 23.3 Å². The molecule has 0 aliphatic rings. The van der Waals surface area contributed by atoms with Crippen LogP contribution in [0.3, 0.4) is 0 Å². The van der Waals surface area contributed by atoms with Crippen LogP contribution in [-0.2, 0) is 6.54 Å². The van der Waals surface area contributed by atoms with Crippen LogP contribution in [0.1, 0.15) is 17.0 Å². The molecule has 0 radical (unpaired) electrons. The van der Waals surface area contributed by atoms with E-state index in [0.717, 1.165) is 33.0 Å². The minimum Gasteiger partial charge on any atom is -0.493 e.